The number of hydrogen-bond donors (Lipinski definition) is 0. The summed E-state index contributed by atoms with van der Waals surface area (Å²) in [6.07, 6.45) is 1.59. The first-order valence-corrected chi connectivity index (χ1v) is 8.67. The number of amides is 2. The van der Waals surface area contributed by atoms with Gasteiger partial charge in [-0.2, -0.15) is 0 Å². The number of hydrogen-bond acceptors (Lipinski definition) is 5. The molecule has 1 aliphatic rings. The van der Waals surface area contributed by atoms with Gasteiger partial charge in [-0.1, -0.05) is 12.1 Å². The van der Waals surface area contributed by atoms with Gasteiger partial charge < -0.3 is 19.3 Å². The van der Waals surface area contributed by atoms with Crippen molar-refractivity contribution in [3.63, 3.8) is 0 Å². The van der Waals surface area contributed by atoms with Crippen molar-refractivity contribution < 1.29 is 23.9 Å². The van der Waals surface area contributed by atoms with Crippen LogP contribution >= 0.6 is 0 Å². The second-order valence-electron chi connectivity index (χ2n) is 6.44. The van der Waals surface area contributed by atoms with Crippen molar-refractivity contribution in [2.24, 2.45) is 5.92 Å². The largest absolute Gasteiger partial charge is 0.497 e. The van der Waals surface area contributed by atoms with Gasteiger partial charge in [0.2, 0.25) is 11.8 Å². The van der Waals surface area contributed by atoms with Crippen molar-refractivity contribution in [2.75, 3.05) is 40.9 Å². The van der Waals surface area contributed by atoms with Crippen molar-refractivity contribution in [1.82, 2.24) is 9.80 Å². The molecule has 1 fully saturated rings. The van der Waals surface area contributed by atoms with E-state index in [4.69, 9.17) is 4.74 Å². The van der Waals surface area contributed by atoms with Crippen LogP contribution in [0.5, 0.6) is 5.75 Å². The van der Waals surface area contributed by atoms with Crippen LogP contribution in [0.2, 0.25) is 0 Å². The van der Waals surface area contributed by atoms with E-state index in [1.807, 2.05) is 24.3 Å². The number of nitrogens with zero attached hydrogens (tertiary/aromatic N) is 2. The molecule has 0 spiro atoms. The van der Waals surface area contributed by atoms with E-state index in [2.05, 4.69) is 4.74 Å². The lowest BCUT2D eigenvalue weighted by Crippen LogP contribution is -2.47. The Balaban J connectivity index is 1.91. The molecule has 0 aromatic heterocycles. The minimum Gasteiger partial charge on any atom is -0.497 e. The molecule has 1 aromatic carbocycles. The maximum absolute atomic E-state index is 12.5. The van der Waals surface area contributed by atoms with Gasteiger partial charge in [0.25, 0.3) is 0 Å². The van der Waals surface area contributed by atoms with Crippen LogP contribution in [-0.2, 0) is 25.5 Å². The smallest absolute Gasteiger partial charge is 0.325 e. The number of esters is 1. The quantitative estimate of drug-likeness (QED) is 0.679. The first-order valence-electron chi connectivity index (χ1n) is 8.67. The van der Waals surface area contributed by atoms with Gasteiger partial charge in [0.1, 0.15) is 12.3 Å². The summed E-state index contributed by atoms with van der Waals surface area (Å²) in [7, 11) is 4.49. The number of likely N-dealkylation sites (N-methyl/N-ethyl adjacent to an activating group) is 1. The maximum Gasteiger partial charge on any atom is 0.325 e. The predicted octanol–water partition coefficient (Wildman–Crippen LogP) is 1.11. The first-order chi connectivity index (χ1) is 12.4. The molecule has 2 rings (SSSR count). The molecule has 0 radical (unpaired) electrons. The van der Waals surface area contributed by atoms with Crippen LogP contribution in [0.15, 0.2) is 24.3 Å². The Morgan fingerprint density at radius 1 is 1.23 bits per heavy atom. The Hall–Kier alpha value is -2.57. The van der Waals surface area contributed by atoms with Gasteiger partial charge in [-0.05, 0) is 30.5 Å². The van der Waals surface area contributed by atoms with Crippen LogP contribution in [0.3, 0.4) is 0 Å². The van der Waals surface area contributed by atoms with E-state index in [1.165, 1.54) is 12.0 Å². The van der Waals surface area contributed by atoms with Gasteiger partial charge in [-0.15, -0.1) is 0 Å². The van der Waals surface area contributed by atoms with E-state index in [0.29, 0.717) is 32.4 Å². The fraction of sp³-hybridized carbons (Fsp3) is 0.526. The Labute approximate surface area is 153 Å². The SMILES string of the molecule is COC(=O)CN(C)C(=O)[C@H]1CCC(=O)N(CCc2ccc(OC)cc2)C1. The molecule has 2 amide bonds. The molecule has 1 atom stereocenters. The van der Waals surface area contributed by atoms with E-state index in [9.17, 15) is 14.4 Å². The minimum absolute atomic E-state index is 0.0678. The van der Waals surface area contributed by atoms with Gasteiger partial charge in [0.05, 0.1) is 20.1 Å². The average Bonchev–Trinajstić information content (AvgIpc) is 2.67. The molecular formula is C19H26N2O5. The zero-order valence-electron chi connectivity index (χ0n) is 15.6. The third-order valence-electron chi connectivity index (χ3n) is 4.65. The summed E-state index contributed by atoms with van der Waals surface area (Å²) in [5, 5.41) is 0. The molecular weight excluding hydrogens is 336 g/mol. The summed E-state index contributed by atoms with van der Waals surface area (Å²) in [4.78, 5) is 39.1. The van der Waals surface area contributed by atoms with Gasteiger partial charge in [-0.3, -0.25) is 14.4 Å². The van der Waals surface area contributed by atoms with Crippen molar-refractivity contribution in [3.8, 4) is 5.75 Å². The maximum atomic E-state index is 12.5. The molecule has 26 heavy (non-hydrogen) atoms. The number of methoxy groups -OCH3 is 2. The van der Waals surface area contributed by atoms with Gasteiger partial charge >= 0.3 is 5.97 Å². The molecule has 0 aliphatic carbocycles. The lowest BCUT2D eigenvalue weighted by atomic mass is 9.95. The first kappa shape index (κ1) is 19.8. The number of piperidine rings is 1. The third kappa shape index (κ3) is 5.21. The normalized spacial score (nSPS) is 17.0. The number of carbonyl (C=O) groups excluding carboxylic acids is 3. The molecule has 0 unspecified atom stereocenters. The second-order valence-corrected chi connectivity index (χ2v) is 6.44. The fourth-order valence-corrected chi connectivity index (χ4v) is 3.04. The molecule has 142 valence electrons. The highest BCUT2D eigenvalue weighted by Crippen LogP contribution is 2.20. The second kappa shape index (κ2) is 9.22. The topological polar surface area (TPSA) is 76.2 Å². The zero-order chi connectivity index (χ0) is 19.1. The zero-order valence-corrected chi connectivity index (χ0v) is 15.6. The Bertz CT molecular complexity index is 644. The number of ether oxygens (including phenoxy) is 2. The van der Waals surface area contributed by atoms with E-state index in [1.54, 1.807) is 19.1 Å². The molecule has 7 heteroatoms. The molecule has 1 heterocycles. The number of benzene rings is 1. The van der Waals surface area contributed by atoms with Crippen LogP contribution in [0.25, 0.3) is 0 Å². The van der Waals surface area contributed by atoms with Crippen LogP contribution in [0.4, 0.5) is 0 Å². The summed E-state index contributed by atoms with van der Waals surface area (Å²) in [6.45, 7) is 0.876. The van der Waals surface area contributed by atoms with Gasteiger partial charge in [0, 0.05) is 26.6 Å². The molecule has 1 aromatic rings. The lowest BCUT2D eigenvalue weighted by Gasteiger charge is -2.33. The number of carbonyl (C=O) groups is 3. The number of rotatable bonds is 7. The van der Waals surface area contributed by atoms with Crippen molar-refractivity contribution in [2.45, 2.75) is 19.3 Å². The fourth-order valence-electron chi connectivity index (χ4n) is 3.04. The molecule has 7 nitrogen and oxygen atoms in total. The van der Waals surface area contributed by atoms with E-state index >= 15 is 0 Å². The Morgan fingerprint density at radius 3 is 2.54 bits per heavy atom. The average molecular weight is 362 g/mol. The van der Waals surface area contributed by atoms with Gasteiger partial charge in [-0.25, -0.2) is 0 Å². The number of likely N-dealkylation sites (tertiary alicyclic amines) is 1. The van der Waals surface area contributed by atoms with Crippen LogP contribution < -0.4 is 4.74 Å². The molecule has 1 saturated heterocycles. The highest BCUT2D eigenvalue weighted by molar-refractivity contribution is 5.86. The van der Waals surface area contributed by atoms with Crippen LogP contribution in [-0.4, -0.2) is 68.5 Å². The molecule has 0 N–H and O–H groups in total. The molecule has 0 bridgehead atoms. The third-order valence-corrected chi connectivity index (χ3v) is 4.65. The van der Waals surface area contributed by atoms with Crippen LogP contribution in [0, 0.1) is 5.92 Å². The Kier molecular flexibility index (Phi) is 7.00. The monoisotopic (exact) mass is 362 g/mol. The molecule has 0 saturated carbocycles. The predicted molar refractivity (Wildman–Crippen MR) is 95.7 cm³/mol. The standard InChI is InChI=1S/C19H26N2O5/c1-20(13-18(23)26-3)19(24)15-6-9-17(22)21(12-15)11-10-14-4-7-16(25-2)8-5-14/h4-5,7-8,15H,6,9-13H2,1-3H3/t15-/m0/s1. The van der Waals surface area contributed by atoms with Crippen molar-refractivity contribution in [3.05, 3.63) is 29.8 Å². The van der Waals surface area contributed by atoms with E-state index < -0.39 is 5.97 Å². The molecule has 1 aliphatic heterocycles. The lowest BCUT2D eigenvalue weighted by molar-refractivity contribution is -0.149. The Morgan fingerprint density at radius 2 is 1.92 bits per heavy atom. The summed E-state index contributed by atoms with van der Waals surface area (Å²) in [5.74, 6) is -0.0000425. The van der Waals surface area contributed by atoms with Crippen LogP contribution in [0.1, 0.15) is 18.4 Å². The van der Waals surface area contributed by atoms with E-state index in [0.717, 1.165) is 11.3 Å². The van der Waals surface area contributed by atoms with Crippen molar-refractivity contribution >= 4 is 17.8 Å². The summed E-state index contributed by atoms with van der Waals surface area (Å²) < 4.78 is 9.73. The highest BCUT2D eigenvalue weighted by Gasteiger charge is 2.32. The minimum atomic E-state index is -0.455. The summed E-state index contributed by atoms with van der Waals surface area (Å²) >= 11 is 0. The van der Waals surface area contributed by atoms with E-state index in [-0.39, 0.29) is 24.3 Å². The van der Waals surface area contributed by atoms with Gasteiger partial charge in [0.15, 0.2) is 0 Å². The summed E-state index contributed by atoms with van der Waals surface area (Å²) in [5.41, 5.74) is 1.11. The highest BCUT2D eigenvalue weighted by atomic mass is 16.5. The summed E-state index contributed by atoms with van der Waals surface area (Å²) in [6, 6.07) is 7.73. The van der Waals surface area contributed by atoms with Crippen molar-refractivity contribution in [1.29, 1.82) is 0 Å².